The summed E-state index contributed by atoms with van der Waals surface area (Å²) < 4.78 is 0. The Balaban J connectivity index is 1.85. The molecule has 0 saturated heterocycles. The molecule has 1 aliphatic carbocycles. The quantitative estimate of drug-likeness (QED) is 0.734. The molecular formula is C23H27NO3. The molecule has 0 unspecified atom stereocenters. The van der Waals surface area contributed by atoms with E-state index in [1.54, 1.807) is 4.90 Å². The molecule has 1 N–H and O–H groups in total. The second-order valence-electron chi connectivity index (χ2n) is 8.34. The van der Waals surface area contributed by atoms with E-state index < -0.39 is 17.2 Å². The van der Waals surface area contributed by atoms with Gasteiger partial charge < -0.3 is 5.11 Å². The number of amides is 1. The Kier molecular flexibility index (Phi) is 5.09. The molecule has 2 aromatic rings. The van der Waals surface area contributed by atoms with E-state index in [1.165, 1.54) is 0 Å². The number of carbonyl (C=O) groups excluding carboxylic acids is 1. The van der Waals surface area contributed by atoms with E-state index in [4.69, 9.17) is 0 Å². The van der Waals surface area contributed by atoms with Gasteiger partial charge in [-0.2, -0.15) is 0 Å². The van der Waals surface area contributed by atoms with Crippen LogP contribution in [0.3, 0.4) is 0 Å². The summed E-state index contributed by atoms with van der Waals surface area (Å²) in [7, 11) is 0. The minimum Gasteiger partial charge on any atom is -0.465 e. The van der Waals surface area contributed by atoms with Crippen molar-refractivity contribution in [1.82, 2.24) is 4.90 Å². The van der Waals surface area contributed by atoms with E-state index in [9.17, 15) is 14.7 Å². The molecule has 142 valence electrons. The number of hydrogen-bond donors (Lipinski definition) is 1. The van der Waals surface area contributed by atoms with Gasteiger partial charge in [0.25, 0.3) is 0 Å². The van der Waals surface area contributed by atoms with Crippen molar-refractivity contribution < 1.29 is 14.7 Å². The highest BCUT2D eigenvalue weighted by Crippen LogP contribution is 2.49. The summed E-state index contributed by atoms with van der Waals surface area (Å²) in [5.74, 6) is 0.0707. The maximum atomic E-state index is 12.6. The molecule has 0 aromatic heterocycles. The highest BCUT2D eigenvalue weighted by molar-refractivity contribution is 5.97. The Morgan fingerprint density at radius 3 is 2.04 bits per heavy atom. The van der Waals surface area contributed by atoms with E-state index in [2.05, 4.69) is 0 Å². The first-order valence-corrected chi connectivity index (χ1v) is 9.45. The van der Waals surface area contributed by atoms with Crippen LogP contribution in [0.15, 0.2) is 54.6 Å². The van der Waals surface area contributed by atoms with Crippen LogP contribution >= 0.6 is 0 Å². The zero-order valence-electron chi connectivity index (χ0n) is 16.2. The molecule has 4 heteroatoms. The van der Waals surface area contributed by atoms with Gasteiger partial charge in [0, 0.05) is 17.5 Å². The van der Waals surface area contributed by atoms with E-state index in [0.29, 0.717) is 12.0 Å². The molecule has 0 aliphatic heterocycles. The van der Waals surface area contributed by atoms with Crippen LogP contribution in [0.1, 0.15) is 61.5 Å². The first-order valence-electron chi connectivity index (χ1n) is 9.45. The summed E-state index contributed by atoms with van der Waals surface area (Å²) in [4.78, 5) is 26.2. The Labute approximate surface area is 160 Å². The van der Waals surface area contributed by atoms with Gasteiger partial charge in [-0.1, -0.05) is 54.6 Å². The fourth-order valence-electron chi connectivity index (χ4n) is 4.11. The minimum atomic E-state index is -0.897. The standard InChI is InChI=1S/C23H27NO3/c1-22(2,3)24(21(26)27)23(14-7-15-23)19-12-10-18(11-13-19)20(25)16-17-8-5-4-6-9-17/h4-6,8-13H,7,14-16H2,1-3H3,(H,26,27). The normalized spacial score (nSPS) is 15.7. The third-order valence-corrected chi connectivity index (χ3v) is 5.42. The van der Waals surface area contributed by atoms with E-state index in [1.807, 2.05) is 75.4 Å². The van der Waals surface area contributed by atoms with Crippen LogP contribution in [0.5, 0.6) is 0 Å². The van der Waals surface area contributed by atoms with Gasteiger partial charge in [-0.05, 0) is 51.2 Å². The second-order valence-corrected chi connectivity index (χ2v) is 8.34. The summed E-state index contributed by atoms with van der Waals surface area (Å²) in [5.41, 5.74) is 1.64. The Bertz CT molecular complexity index is 815. The van der Waals surface area contributed by atoms with E-state index in [-0.39, 0.29) is 5.78 Å². The van der Waals surface area contributed by atoms with Crippen LogP contribution in [0, 0.1) is 0 Å². The molecule has 1 fully saturated rings. The highest BCUT2D eigenvalue weighted by atomic mass is 16.4. The number of benzene rings is 2. The van der Waals surface area contributed by atoms with Crippen molar-refractivity contribution in [3.05, 3.63) is 71.3 Å². The zero-order valence-corrected chi connectivity index (χ0v) is 16.2. The maximum absolute atomic E-state index is 12.6. The molecule has 0 atom stereocenters. The molecule has 1 aliphatic rings. The van der Waals surface area contributed by atoms with Gasteiger partial charge >= 0.3 is 6.09 Å². The molecule has 3 rings (SSSR count). The highest BCUT2D eigenvalue weighted by Gasteiger charge is 2.50. The Morgan fingerprint density at radius 1 is 1.00 bits per heavy atom. The topological polar surface area (TPSA) is 57.6 Å². The second kappa shape index (κ2) is 7.18. The Hall–Kier alpha value is -2.62. The average molecular weight is 365 g/mol. The summed E-state index contributed by atoms with van der Waals surface area (Å²) in [5, 5.41) is 9.85. The van der Waals surface area contributed by atoms with Gasteiger partial charge in [0.15, 0.2) is 5.78 Å². The van der Waals surface area contributed by atoms with Crippen molar-refractivity contribution in [2.45, 2.75) is 57.5 Å². The summed E-state index contributed by atoms with van der Waals surface area (Å²) in [6.45, 7) is 5.79. The predicted molar refractivity (Wildman–Crippen MR) is 106 cm³/mol. The van der Waals surface area contributed by atoms with Crippen molar-refractivity contribution in [3.63, 3.8) is 0 Å². The largest absolute Gasteiger partial charge is 0.465 e. The molecule has 0 radical (unpaired) electrons. The van der Waals surface area contributed by atoms with Crippen LogP contribution in [-0.2, 0) is 12.0 Å². The third kappa shape index (κ3) is 3.75. The van der Waals surface area contributed by atoms with Gasteiger partial charge in [-0.15, -0.1) is 0 Å². The van der Waals surface area contributed by atoms with Gasteiger partial charge in [0.05, 0.1) is 5.54 Å². The molecule has 4 nitrogen and oxygen atoms in total. The van der Waals surface area contributed by atoms with Crippen LogP contribution in [-0.4, -0.2) is 27.4 Å². The number of Topliss-reactive ketones (excluding diaryl/α,β-unsaturated/α-hetero) is 1. The molecule has 2 aromatic carbocycles. The first-order chi connectivity index (χ1) is 12.7. The van der Waals surface area contributed by atoms with Crippen LogP contribution in [0.25, 0.3) is 0 Å². The van der Waals surface area contributed by atoms with Crippen molar-refractivity contribution in [2.75, 3.05) is 0 Å². The summed E-state index contributed by atoms with van der Waals surface area (Å²) in [6.07, 6.45) is 2.11. The number of ketones is 1. The van der Waals surface area contributed by atoms with Gasteiger partial charge in [-0.25, -0.2) is 4.79 Å². The van der Waals surface area contributed by atoms with Crippen molar-refractivity contribution in [2.24, 2.45) is 0 Å². The van der Waals surface area contributed by atoms with Gasteiger partial charge in [0.1, 0.15) is 0 Å². The van der Waals surface area contributed by atoms with E-state index >= 15 is 0 Å². The summed E-state index contributed by atoms with van der Waals surface area (Å²) in [6, 6.07) is 17.2. The summed E-state index contributed by atoms with van der Waals surface area (Å²) >= 11 is 0. The number of carbonyl (C=O) groups is 2. The van der Waals surface area contributed by atoms with Crippen molar-refractivity contribution >= 4 is 11.9 Å². The zero-order chi connectivity index (χ0) is 19.7. The van der Waals surface area contributed by atoms with Gasteiger partial charge in [0.2, 0.25) is 0 Å². The fraction of sp³-hybridized carbons (Fsp3) is 0.391. The monoisotopic (exact) mass is 365 g/mol. The minimum absolute atomic E-state index is 0.0707. The smallest absolute Gasteiger partial charge is 0.408 e. The molecule has 0 bridgehead atoms. The number of carboxylic acid groups (broad SMARTS) is 1. The lowest BCUT2D eigenvalue weighted by Gasteiger charge is -2.54. The van der Waals surface area contributed by atoms with Crippen LogP contribution in [0.2, 0.25) is 0 Å². The Morgan fingerprint density at radius 2 is 1.59 bits per heavy atom. The number of nitrogens with zero attached hydrogens (tertiary/aromatic N) is 1. The van der Waals surface area contributed by atoms with Crippen LogP contribution in [0.4, 0.5) is 4.79 Å². The lowest BCUT2D eigenvalue weighted by molar-refractivity contribution is -0.0328. The fourth-order valence-corrected chi connectivity index (χ4v) is 4.11. The molecular weight excluding hydrogens is 338 g/mol. The molecule has 1 saturated carbocycles. The lowest BCUT2D eigenvalue weighted by atomic mass is 9.69. The molecule has 0 spiro atoms. The SMILES string of the molecule is CC(C)(C)N(C(=O)O)C1(c2ccc(C(=O)Cc3ccccc3)cc2)CCC1. The number of hydrogen-bond acceptors (Lipinski definition) is 2. The predicted octanol–water partition coefficient (Wildman–Crippen LogP) is 5.27. The molecule has 1 amide bonds. The van der Waals surface area contributed by atoms with E-state index in [0.717, 1.165) is 30.4 Å². The van der Waals surface area contributed by atoms with Crippen molar-refractivity contribution in [3.8, 4) is 0 Å². The molecule has 0 heterocycles. The van der Waals surface area contributed by atoms with Crippen molar-refractivity contribution in [1.29, 1.82) is 0 Å². The average Bonchev–Trinajstić information content (AvgIpc) is 2.57. The molecule has 27 heavy (non-hydrogen) atoms. The van der Waals surface area contributed by atoms with Crippen LogP contribution < -0.4 is 0 Å². The lowest BCUT2D eigenvalue weighted by Crippen LogP contribution is -2.60. The third-order valence-electron chi connectivity index (χ3n) is 5.42. The first kappa shape index (κ1) is 19.2. The number of rotatable bonds is 5. The van der Waals surface area contributed by atoms with Gasteiger partial charge in [-0.3, -0.25) is 9.69 Å². The maximum Gasteiger partial charge on any atom is 0.408 e.